The van der Waals surface area contributed by atoms with Crippen LogP contribution in [-0.4, -0.2) is 32.1 Å². The molecule has 2 heterocycles. The third kappa shape index (κ3) is 3.87. The van der Waals surface area contributed by atoms with Gasteiger partial charge in [0, 0.05) is 34.7 Å². The number of carbonyl (C=O) groups is 1. The zero-order valence-corrected chi connectivity index (χ0v) is 18.6. The van der Waals surface area contributed by atoms with E-state index in [0.717, 1.165) is 22.2 Å². The fraction of sp³-hybridized carbons (Fsp3) is 0.250. The number of nitrogens with two attached hydrogens (primary N) is 2. The van der Waals surface area contributed by atoms with Gasteiger partial charge in [-0.25, -0.2) is 19.7 Å². The Morgan fingerprint density at radius 1 is 1.03 bits per heavy atom. The number of anilines is 2. The van der Waals surface area contributed by atoms with Crippen LogP contribution >= 0.6 is 0 Å². The second kappa shape index (κ2) is 7.96. The van der Waals surface area contributed by atoms with Gasteiger partial charge in [-0.1, -0.05) is 6.07 Å². The van der Waals surface area contributed by atoms with Crippen LogP contribution in [0, 0.1) is 0 Å². The Labute approximate surface area is 186 Å². The maximum atomic E-state index is 12.7. The zero-order valence-electron chi connectivity index (χ0n) is 18.6. The molecule has 0 saturated carbocycles. The molecule has 8 nitrogen and oxygen atoms in total. The second-order valence-electron chi connectivity index (χ2n) is 8.50. The fourth-order valence-corrected chi connectivity index (χ4v) is 3.74. The molecule has 0 atom stereocenters. The maximum absolute atomic E-state index is 12.7. The standard InChI is InChI=1S/C24H26N6O2/c1-5-32-22(31)17-8-7-16(25)11-18(17)21-29-19-10-14(15-12-27-23(26)28-13-15)6-9-20(19)30(21)24(2,3)4/h6-13H,5,25H2,1-4H3,(H2,26,27,28). The molecule has 0 aliphatic carbocycles. The molecule has 0 aliphatic rings. The summed E-state index contributed by atoms with van der Waals surface area (Å²) in [7, 11) is 0. The summed E-state index contributed by atoms with van der Waals surface area (Å²) >= 11 is 0. The summed E-state index contributed by atoms with van der Waals surface area (Å²) in [6.45, 7) is 8.34. The van der Waals surface area contributed by atoms with Crippen molar-refractivity contribution in [1.82, 2.24) is 19.5 Å². The maximum Gasteiger partial charge on any atom is 0.338 e. The molecule has 8 heteroatoms. The quantitative estimate of drug-likeness (QED) is 0.366. The van der Waals surface area contributed by atoms with Gasteiger partial charge < -0.3 is 20.8 Å². The molecule has 4 N–H and O–H groups in total. The lowest BCUT2D eigenvalue weighted by molar-refractivity contribution is 0.0527. The number of nitrogen functional groups attached to an aromatic ring is 2. The van der Waals surface area contributed by atoms with E-state index >= 15 is 0 Å². The number of ether oxygens (including phenoxy) is 1. The predicted octanol–water partition coefficient (Wildman–Crippen LogP) is 4.26. The van der Waals surface area contributed by atoms with Gasteiger partial charge in [-0.2, -0.15) is 0 Å². The topological polar surface area (TPSA) is 122 Å². The predicted molar refractivity (Wildman–Crippen MR) is 126 cm³/mol. The van der Waals surface area contributed by atoms with Crippen molar-refractivity contribution in [3.8, 4) is 22.5 Å². The first kappa shape index (κ1) is 21.3. The highest BCUT2D eigenvalue weighted by Crippen LogP contribution is 2.35. The summed E-state index contributed by atoms with van der Waals surface area (Å²) in [5.41, 5.74) is 16.5. The van der Waals surface area contributed by atoms with Crippen LogP contribution < -0.4 is 11.5 Å². The number of imidazole rings is 1. The highest BCUT2D eigenvalue weighted by atomic mass is 16.5. The van der Waals surface area contributed by atoms with E-state index in [4.69, 9.17) is 21.2 Å². The van der Waals surface area contributed by atoms with Gasteiger partial charge >= 0.3 is 5.97 Å². The van der Waals surface area contributed by atoms with E-state index in [2.05, 4.69) is 35.3 Å². The normalized spacial score (nSPS) is 11.6. The number of aromatic nitrogens is 4. The molecule has 4 rings (SSSR count). The molecular weight excluding hydrogens is 404 g/mol. The SMILES string of the molecule is CCOC(=O)c1ccc(N)cc1-c1nc2cc(-c3cnc(N)nc3)ccc2n1C(C)(C)C. The van der Waals surface area contributed by atoms with Gasteiger partial charge in [-0.05, 0) is 63.6 Å². The molecule has 0 spiro atoms. The summed E-state index contributed by atoms with van der Waals surface area (Å²) in [5.74, 6) is 0.463. The molecule has 2 aromatic heterocycles. The Bertz CT molecular complexity index is 1300. The Kier molecular flexibility index (Phi) is 5.30. The number of nitrogens with zero attached hydrogens (tertiary/aromatic N) is 4. The van der Waals surface area contributed by atoms with E-state index in [1.165, 1.54) is 0 Å². The molecule has 0 radical (unpaired) electrons. The van der Waals surface area contributed by atoms with Crippen molar-refractivity contribution in [1.29, 1.82) is 0 Å². The lowest BCUT2D eigenvalue weighted by Gasteiger charge is -2.25. The minimum Gasteiger partial charge on any atom is -0.462 e. The van der Waals surface area contributed by atoms with Crippen molar-refractivity contribution >= 4 is 28.6 Å². The Morgan fingerprint density at radius 3 is 2.41 bits per heavy atom. The Hall–Kier alpha value is -3.94. The van der Waals surface area contributed by atoms with E-state index in [1.54, 1.807) is 37.5 Å². The van der Waals surface area contributed by atoms with E-state index in [1.807, 2.05) is 18.2 Å². The number of rotatable bonds is 4. The minimum atomic E-state index is -0.408. The van der Waals surface area contributed by atoms with Crippen molar-refractivity contribution in [2.45, 2.75) is 33.2 Å². The summed E-state index contributed by atoms with van der Waals surface area (Å²) < 4.78 is 7.39. The number of carbonyl (C=O) groups excluding carboxylic acids is 1. The molecule has 4 aromatic rings. The first-order valence-corrected chi connectivity index (χ1v) is 10.4. The van der Waals surface area contributed by atoms with Crippen molar-refractivity contribution < 1.29 is 9.53 Å². The van der Waals surface area contributed by atoms with Crippen LogP contribution in [0.3, 0.4) is 0 Å². The van der Waals surface area contributed by atoms with Crippen LogP contribution in [-0.2, 0) is 10.3 Å². The second-order valence-corrected chi connectivity index (χ2v) is 8.50. The molecule has 32 heavy (non-hydrogen) atoms. The average molecular weight is 431 g/mol. The summed E-state index contributed by atoms with van der Waals surface area (Å²) in [6, 6.07) is 11.1. The molecule has 0 amide bonds. The largest absolute Gasteiger partial charge is 0.462 e. The van der Waals surface area contributed by atoms with Crippen molar-refractivity contribution in [3.05, 3.63) is 54.4 Å². The van der Waals surface area contributed by atoms with Crippen molar-refractivity contribution in [2.75, 3.05) is 18.1 Å². The highest BCUT2D eigenvalue weighted by Gasteiger charge is 2.26. The zero-order chi connectivity index (χ0) is 23.0. The number of benzene rings is 2. The van der Waals surface area contributed by atoms with Crippen LogP contribution in [0.5, 0.6) is 0 Å². The van der Waals surface area contributed by atoms with Crippen LogP contribution in [0.2, 0.25) is 0 Å². The van der Waals surface area contributed by atoms with Gasteiger partial charge in [0.25, 0.3) is 0 Å². The molecular formula is C24H26N6O2. The van der Waals surface area contributed by atoms with Gasteiger partial charge in [0.2, 0.25) is 5.95 Å². The smallest absolute Gasteiger partial charge is 0.338 e. The number of hydrogen-bond donors (Lipinski definition) is 2. The fourth-order valence-electron chi connectivity index (χ4n) is 3.74. The Morgan fingerprint density at radius 2 is 1.75 bits per heavy atom. The van der Waals surface area contributed by atoms with Gasteiger partial charge in [-0.15, -0.1) is 0 Å². The Balaban J connectivity index is 1.97. The average Bonchev–Trinajstić information content (AvgIpc) is 3.13. The van der Waals surface area contributed by atoms with E-state index in [-0.39, 0.29) is 18.1 Å². The third-order valence-electron chi connectivity index (χ3n) is 5.11. The number of fused-ring (bicyclic) bond motifs is 1. The van der Waals surface area contributed by atoms with E-state index < -0.39 is 5.97 Å². The summed E-state index contributed by atoms with van der Waals surface area (Å²) in [6.07, 6.45) is 3.36. The number of hydrogen-bond acceptors (Lipinski definition) is 7. The third-order valence-corrected chi connectivity index (χ3v) is 5.11. The lowest BCUT2D eigenvalue weighted by Crippen LogP contribution is -2.23. The lowest BCUT2D eigenvalue weighted by atomic mass is 10.0. The minimum absolute atomic E-state index is 0.224. The van der Waals surface area contributed by atoms with Crippen LogP contribution in [0.4, 0.5) is 11.6 Å². The molecule has 0 aliphatic heterocycles. The highest BCUT2D eigenvalue weighted by molar-refractivity contribution is 5.98. The number of esters is 1. The molecule has 0 fully saturated rings. The van der Waals surface area contributed by atoms with Gasteiger partial charge in [0.15, 0.2) is 0 Å². The molecule has 0 bridgehead atoms. The van der Waals surface area contributed by atoms with Crippen LogP contribution in [0.1, 0.15) is 38.1 Å². The van der Waals surface area contributed by atoms with Gasteiger partial charge in [0.1, 0.15) is 5.82 Å². The van der Waals surface area contributed by atoms with Gasteiger partial charge in [-0.3, -0.25) is 0 Å². The monoisotopic (exact) mass is 430 g/mol. The molecule has 2 aromatic carbocycles. The van der Waals surface area contributed by atoms with E-state index in [0.29, 0.717) is 22.6 Å². The van der Waals surface area contributed by atoms with Gasteiger partial charge in [0.05, 0.1) is 23.2 Å². The van der Waals surface area contributed by atoms with Crippen LogP contribution in [0.25, 0.3) is 33.5 Å². The van der Waals surface area contributed by atoms with Crippen LogP contribution in [0.15, 0.2) is 48.8 Å². The first-order valence-electron chi connectivity index (χ1n) is 10.4. The molecule has 0 unspecified atom stereocenters. The molecule has 0 saturated heterocycles. The summed E-state index contributed by atoms with van der Waals surface area (Å²) in [5, 5.41) is 0. The first-order chi connectivity index (χ1) is 15.2. The molecule has 164 valence electrons. The van der Waals surface area contributed by atoms with Crippen molar-refractivity contribution in [3.63, 3.8) is 0 Å². The van der Waals surface area contributed by atoms with Crippen molar-refractivity contribution in [2.24, 2.45) is 0 Å². The summed E-state index contributed by atoms with van der Waals surface area (Å²) in [4.78, 5) is 25.8. The van der Waals surface area contributed by atoms with E-state index in [9.17, 15) is 4.79 Å².